The van der Waals surface area contributed by atoms with E-state index in [1.165, 1.54) is 0 Å². The summed E-state index contributed by atoms with van der Waals surface area (Å²) in [5.74, 6) is 1.45. The first-order valence-electron chi connectivity index (χ1n) is 5.61. The van der Waals surface area contributed by atoms with Crippen molar-refractivity contribution in [2.45, 2.75) is 6.61 Å². The second-order valence-corrected chi connectivity index (χ2v) is 4.03. The van der Waals surface area contributed by atoms with Crippen LogP contribution in [-0.2, 0) is 18.4 Å². The number of hydrogen-bond donors (Lipinski definition) is 1. The normalized spacial score (nSPS) is 10.6. The van der Waals surface area contributed by atoms with Crippen LogP contribution < -0.4 is 10.5 Å². The van der Waals surface area contributed by atoms with E-state index in [1.54, 1.807) is 25.1 Å². The molecule has 5 nitrogen and oxygen atoms in total. The lowest BCUT2D eigenvalue weighted by Crippen LogP contribution is -1.99. The predicted octanol–water partition coefficient (Wildman–Crippen LogP) is 1.82. The van der Waals surface area contributed by atoms with E-state index in [0.29, 0.717) is 12.4 Å². The van der Waals surface area contributed by atoms with Crippen LogP contribution in [0, 0.1) is 0 Å². The number of aromatic nitrogens is 2. The van der Waals surface area contributed by atoms with Gasteiger partial charge in [-0.25, -0.2) is 0 Å². The van der Waals surface area contributed by atoms with E-state index in [2.05, 4.69) is 5.10 Å². The number of aryl methyl sites for hydroxylation is 1. The van der Waals surface area contributed by atoms with E-state index >= 15 is 0 Å². The third-order valence-electron chi connectivity index (χ3n) is 2.88. The van der Waals surface area contributed by atoms with Crippen molar-refractivity contribution in [3.8, 4) is 16.9 Å². The molecule has 0 saturated heterocycles. The molecule has 0 unspecified atom stereocenters. The summed E-state index contributed by atoms with van der Waals surface area (Å²) in [6.07, 6.45) is 1.76. The summed E-state index contributed by atoms with van der Waals surface area (Å²) in [7, 11) is 5.12. The van der Waals surface area contributed by atoms with Crippen LogP contribution in [-0.4, -0.2) is 24.0 Å². The number of nitrogen functional groups attached to an aromatic ring is 1. The highest BCUT2D eigenvalue weighted by molar-refractivity contribution is 5.74. The fourth-order valence-corrected chi connectivity index (χ4v) is 1.88. The molecule has 1 aromatic heterocycles. The summed E-state index contributed by atoms with van der Waals surface area (Å²) in [4.78, 5) is 0. The second kappa shape index (κ2) is 5.10. The molecule has 0 fully saturated rings. The molecule has 0 saturated carbocycles. The molecule has 18 heavy (non-hydrogen) atoms. The number of hydrogen-bond acceptors (Lipinski definition) is 4. The largest absolute Gasteiger partial charge is 0.496 e. The first kappa shape index (κ1) is 12.4. The molecule has 0 radical (unpaired) electrons. The van der Waals surface area contributed by atoms with Gasteiger partial charge in [0.05, 0.1) is 19.9 Å². The highest BCUT2D eigenvalue weighted by Crippen LogP contribution is 2.30. The van der Waals surface area contributed by atoms with Crippen molar-refractivity contribution in [1.82, 2.24) is 9.78 Å². The monoisotopic (exact) mass is 247 g/mol. The summed E-state index contributed by atoms with van der Waals surface area (Å²) in [5.41, 5.74) is 8.88. The maximum absolute atomic E-state index is 5.97. The van der Waals surface area contributed by atoms with Gasteiger partial charge in [-0.05, 0) is 17.7 Å². The van der Waals surface area contributed by atoms with Crippen LogP contribution in [0.15, 0.2) is 24.4 Å². The molecule has 1 aromatic carbocycles. The molecule has 0 aliphatic rings. The van der Waals surface area contributed by atoms with Crippen LogP contribution >= 0.6 is 0 Å². The Labute approximate surface area is 106 Å². The lowest BCUT2D eigenvalue weighted by atomic mass is 10.0. The molecule has 0 amide bonds. The van der Waals surface area contributed by atoms with Crippen molar-refractivity contribution in [1.29, 1.82) is 0 Å². The molecule has 2 N–H and O–H groups in total. The van der Waals surface area contributed by atoms with E-state index in [-0.39, 0.29) is 0 Å². The molecule has 0 bridgehead atoms. The van der Waals surface area contributed by atoms with Crippen molar-refractivity contribution in [2.75, 3.05) is 20.0 Å². The minimum atomic E-state index is 0.497. The lowest BCUT2D eigenvalue weighted by Gasteiger charge is -2.10. The van der Waals surface area contributed by atoms with Crippen LogP contribution in [0.1, 0.15) is 5.56 Å². The Morgan fingerprint density at radius 3 is 2.67 bits per heavy atom. The van der Waals surface area contributed by atoms with Gasteiger partial charge >= 0.3 is 0 Å². The highest BCUT2D eigenvalue weighted by Gasteiger charge is 2.10. The number of benzene rings is 1. The smallest absolute Gasteiger partial charge is 0.129 e. The zero-order valence-electron chi connectivity index (χ0n) is 10.8. The average molecular weight is 247 g/mol. The van der Waals surface area contributed by atoms with Crippen LogP contribution in [0.25, 0.3) is 11.1 Å². The molecule has 0 atom stereocenters. The summed E-state index contributed by atoms with van der Waals surface area (Å²) in [6.45, 7) is 0.497. The average Bonchev–Trinajstić information content (AvgIpc) is 2.70. The van der Waals surface area contributed by atoms with Gasteiger partial charge in [-0.2, -0.15) is 5.10 Å². The first-order valence-corrected chi connectivity index (χ1v) is 5.61. The molecular weight excluding hydrogens is 230 g/mol. The van der Waals surface area contributed by atoms with E-state index in [4.69, 9.17) is 15.2 Å². The fraction of sp³-hybridized carbons (Fsp3) is 0.308. The zero-order valence-corrected chi connectivity index (χ0v) is 10.8. The zero-order chi connectivity index (χ0) is 13.1. The Kier molecular flexibility index (Phi) is 3.53. The molecule has 2 aromatic rings. The van der Waals surface area contributed by atoms with Crippen molar-refractivity contribution in [3.05, 3.63) is 30.0 Å². The van der Waals surface area contributed by atoms with Gasteiger partial charge in [-0.3, -0.25) is 4.68 Å². The summed E-state index contributed by atoms with van der Waals surface area (Å²) in [5, 5.41) is 4.14. The topological polar surface area (TPSA) is 62.3 Å². The fourth-order valence-electron chi connectivity index (χ4n) is 1.88. The van der Waals surface area contributed by atoms with E-state index in [0.717, 1.165) is 22.4 Å². The molecular formula is C13H17N3O2. The summed E-state index contributed by atoms with van der Waals surface area (Å²) in [6, 6.07) is 5.89. The van der Waals surface area contributed by atoms with Gasteiger partial charge in [0.2, 0.25) is 0 Å². The Morgan fingerprint density at radius 2 is 2.11 bits per heavy atom. The molecule has 0 spiro atoms. The van der Waals surface area contributed by atoms with Crippen molar-refractivity contribution in [2.24, 2.45) is 7.05 Å². The van der Waals surface area contributed by atoms with Gasteiger partial charge in [-0.1, -0.05) is 6.07 Å². The number of anilines is 1. The molecule has 0 aliphatic heterocycles. The standard InChI is InChI=1S/C13H17N3O2/c1-16-13(14)11(7-15-16)9-4-5-12(18-3)10(6-9)8-17-2/h4-7H,8,14H2,1-3H3. The quantitative estimate of drug-likeness (QED) is 0.895. The Bertz CT molecular complexity index is 549. The van der Waals surface area contributed by atoms with Gasteiger partial charge in [-0.15, -0.1) is 0 Å². The van der Waals surface area contributed by atoms with Crippen LogP contribution in [0.2, 0.25) is 0 Å². The van der Waals surface area contributed by atoms with Gasteiger partial charge in [0.1, 0.15) is 11.6 Å². The van der Waals surface area contributed by atoms with Crippen molar-refractivity contribution >= 4 is 5.82 Å². The van der Waals surface area contributed by atoms with Crippen LogP contribution in [0.5, 0.6) is 5.75 Å². The number of nitrogens with two attached hydrogens (primary N) is 1. The van der Waals surface area contributed by atoms with Gasteiger partial charge in [0, 0.05) is 25.3 Å². The predicted molar refractivity (Wildman–Crippen MR) is 70.3 cm³/mol. The SMILES string of the molecule is COCc1cc(-c2cnn(C)c2N)ccc1OC. The Morgan fingerprint density at radius 1 is 1.33 bits per heavy atom. The highest BCUT2D eigenvalue weighted by atomic mass is 16.5. The van der Waals surface area contributed by atoms with Crippen molar-refractivity contribution < 1.29 is 9.47 Å². The molecule has 0 aliphatic carbocycles. The minimum Gasteiger partial charge on any atom is -0.496 e. The second-order valence-electron chi connectivity index (χ2n) is 4.03. The van der Waals surface area contributed by atoms with Gasteiger partial charge < -0.3 is 15.2 Å². The summed E-state index contributed by atoms with van der Waals surface area (Å²) < 4.78 is 12.1. The number of nitrogens with zero attached hydrogens (tertiary/aromatic N) is 2. The molecule has 2 rings (SSSR count). The molecule has 1 heterocycles. The molecule has 96 valence electrons. The van der Waals surface area contributed by atoms with Crippen molar-refractivity contribution in [3.63, 3.8) is 0 Å². The van der Waals surface area contributed by atoms with Gasteiger partial charge in [0.25, 0.3) is 0 Å². The Hall–Kier alpha value is -2.01. The van der Waals surface area contributed by atoms with Gasteiger partial charge in [0.15, 0.2) is 0 Å². The van der Waals surface area contributed by atoms with Crippen LogP contribution in [0.3, 0.4) is 0 Å². The third-order valence-corrected chi connectivity index (χ3v) is 2.88. The maximum atomic E-state index is 5.97. The third kappa shape index (κ3) is 2.17. The minimum absolute atomic E-state index is 0.497. The first-order chi connectivity index (χ1) is 8.67. The lowest BCUT2D eigenvalue weighted by molar-refractivity contribution is 0.181. The van der Waals surface area contributed by atoms with E-state index in [9.17, 15) is 0 Å². The summed E-state index contributed by atoms with van der Waals surface area (Å²) >= 11 is 0. The number of rotatable bonds is 4. The molecule has 5 heteroatoms. The Balaban J connectivity index is 2.46. The van der Waals surface area contributed by atoms with E-state index in [1.807, 2.05) is 25.2 Å². The van der Waals surface area contributed by atoms with E-state index < -0.39 is 0 Å². The number of methoxy groups -OCH3 is 2. The maximum Gasteiger partial charge on any atom is 0.129 e. The van der Waals surface area contributed by atoms with Crippen LogP contribution in [0.4, 0.5) is 5.82 Å². The number of ether oxygens (including phenoxy) is 2.